The maximum Gasteiger partial charge on any atom is 0.127 e. The molecule has 3 nitrogen and oxygen atoms in total. The van der Waals surface area contributed by atoms with E-state index in [9.17, 15) is 0 Å². The lowest BCUT2D eigenvalue weighted by atomic mass is 10.1. The van der Waals surface area contributed by atoms with Gasteiger partial charge in [0.05, 0.1) is 0 Å². The molecule has 0 fully saturated rings. The Bertz CT molecular complexity index is 795. The molecule has 23 heavy (non-hydrogen) atoms. The number of anilines is 2. The highest BCUT2D eigenvalue weighted by molar-refractivity contribution is 6.01. The van der Waals surface area contributed by atoms with Crippen LogP contribution in [0.5, 0.6) is 11.5 Å². The number of para-hydroxylation sites is 2. The quantitative estimate of drug-likeness (QED) is 0.602. The molecule has 0 aromatic heterocycles. The molecular weight excluding hydrogens is 284 g/mol. The molecule has 0 saturated heterocycles. The molecule has 0 amide bonds. The topological polar surface area (TPSA) is 45.1 Å². The first-order chi connectivity index (χ1) is 11.2. The number of hydrogen-bond donors (Lipinski definition) is 2. The zero-order valence-electron chi connectivity index (χ0n) is 12.9. The van der Waals surface area contributed by atoms with Crippen LogP contribution >= 0.6 is 0 Å². The Morgan fingerprint density at radius 2 is 1.39 bits per heavy atom. The van der Waals surface area contributed by atoms with Crippen LogP contribution in [-0.4, -0.2) is 5.71 Å². The average molecular weight is 302 g/mol. The molecule has 114 valence electrons. The Hall–Kier alpha value is -3.07. The van der Waals surface area contributed by atoms with Gasteiger partial charge < -0.3 is 15.5 Å². The van der Waals surface area contributed by atoms with Gasteiger partial charge in [0.15, 0.2) is 0 Å². The van der Waals surface area contributed by atoms with Crippen molar-refractivity contribution in [3.05, 3.63) is 84.4 Å². The van der Waals surface area contributed by atoms with Crippen LogP contribution in [0.1, 0.15) is 12.5 Å². The van der Waals surface area contributed by atoms with E-state index in [1.807, 2.05) is 78.9 Å². The number of ether oxygens (including phenoxy) is 1. The first-order valence-electron chi connectivity index (χ1n) is 7.47. The van der Waals surface area contributed by atoms with Crippen molar-refractivity contribution in [3.63, 3.8) is 0 Å². The SMILES string of the molecule is CC(=N)c1ccccc1Nc1ccc(Oc2ccccc2)cc1. The molecule has 2 N–H and O–H groups in total. The van der Waals surface area contributed by atoms with E-state index in [2.05, 4.69) is 5.32 Å². The summed E-state index contributed by atoms with van der Waals surface area (Å²) < 4.78 is 5.78. The number of rotatable bonds is 5. The molecule has 0 saturated carbocycles. The van der Waals surface area contributed by atoms with Gasteiger partial charge in [-0.15, -0.1) is 0 Å². The summed E-state index contributed by atoms with van der Waals surface area (Å²) in [4.78, 5) is 0. The van der Waals surface area contributed by atoms with Crippen LogP contribution in [0.3, 0.4) is 0 Å². The molecule has 0 unspecified atom stereocenters. The van der Waals surface area contributed by atoms with Gasteiger partial charge in [-0.1, -0.05) is 36.4 Å². The Balaban J connectivity index is 1.74. The lowest BCUT2D eigenvalue weighted by molar-refractivity contribution is 0.483. The lowest BCUT2D eigenvalue weighted by Gasteiger charge is -2.12. The van der Waals surface area contributed by atoms with Gasteiger partial charge in [0.1, 0.15) is 11.5 Å². The molecule has 0 aliphatic heterocycles. The van der Waals surface area contributed by atoms with Gasteiger partial charge in [-0.05, 0) is 49.4 Å². The Kier molecular flexibility index (Phi) is 4.39. The highest BCUT2D eigenvalue weighted by atomic mass is 16.5. The molecule has 0 bridgehead atoms. The minimum atomic E-state index is 0.539. The molecule has 0 spiro atoms. The summed E-state index contributed by atoms with van der Waals surface area (Å²) in [5, 5.41) is 11.2. The largest absolute Gasteiger partial charge is 0.457 e. The van der Waals surface area contributed by atoms with Crippen molar-refractivity contribution in [2.24, 2.45) is 0 Å². The number of benzene rings is 3. The van der Waals surface area contributed by atoms with Gasteiger partial charge in [0.25, 0.3) is 0 Å². The zero-order valence-corrected chi connectivity index (χ0v) is 12.9. The van der Waals surface area contributed by atoms with Gasteiger partial charge >= 0.3 is 0 Å². The third kappa shape index (κ3) is 3.77. The molecule has 0 aliphatic rings. The zero-order chi connectivity index (χ0) is 16.1. The van der Waals surface area contributed by atoms with E-state index in [1.165, 1.54) is 0 Å². The fourth-order valence-corrected chi connectivity index (χ4v) is 2.31. The highest BCUT2D eigenvalue weighted by Crippen LogP contribution is 2.25. The van der Waals surface area contributed by atoms with Crippen molar-refractivity contribution < 1.29 is 4.74 Å². The van der Waals surface area contributed by atoms with Crippen LogP contribution < -0.4 is 10.1 Å². The van der Waals surface area contributed by atoms with Gasteiger partial charge in [-0.3, -0.25) is 0 Å². The Morgan fingerprint density at radius 1 is 0.783 bits per heavy atom. The normalized spacial score (nSPS) is 10.1. The predicted octanol–water partition coefficient (Wildman–Crippen LogP) is 5.61. The van der Waals surface area contributed by atoms with E-state index < -0.39 is 0 Å². The molecule has 3 rings (SSSR count). The summed E-state index contributed by atoms with van der Waals surface area (Å²) in [7, 11) is 0. The van der Waals surface area contributed by atoms with E-state index >= 15 is 0 Å². The average Bonchev–Trinajstić information content (AvgIpc) is 2.58. The number of nitrogens with one attached hydrogen (secondary N) is 2. The predicted molar refractivity (Wildman–Crippen MR) is 95.2 cm³/mol. The third-order valence-electron chi connectivity index (χ3n) is 3.44. The summed E-state index contributed by atoms with van der Waals surface area (Å²) in [6.45, 7) is 1.79. The van der Waals surface area contributed by atoms with E-state index in [0.717, 1.165) is 28.4 Å². The maximum absolute atomic E-state index is 7.84. The summed E-state index contributed by atoms with van der Waals surface area (Å²) in [6.07, 6.45) is 0. The summed E-state index contributed by atoms with van der Waals surface area (Å²) in [6, 6.07) is 25.3. The van der Waals surface area contributed by atoms with Crippen LogP contribution in [0.25, 0.3) is 0 Å². The minimum absolute atomic E-state index is 0.539. The number of hydrogen-bond acceptors (Lipinski definition) is 3. The van der Waals surface area contributed by atoms with Crippen LogP contribution in [0, 0.1) is 5.41 Å². The second kappa shape index (κ2) is 6.79. The smallest absolute Gasteiger partial charge is 0.127 e. The minimum Gasteiger partial charge on any atom is -0.457 e. The van der Waals surface area contributed by atoms with Crippen molar-refractivity contribution in [1.82, 2.24) is 0 Å². The van der Waals surface area contributed by atoms with Crippen molar-refractivity contribution >= 4 is 17.1 Å². The first-order valence-corrected chi connectivity index (χ1v) is 7.47. The molecule has 0 heterocycles. The van der Waals surface area contributed by atoms with Crippen molar-refractivity contribution in [1.29, 1.82) is 5.41 Å². The first kappa shape index (κ1) is 14.9. The van der Waals surface area contributed by atoms with Gasteiger partial charge in [-0.2, -0.15) is 0 Å². The van der Waals surface area contributed by atoms with Gasteiger partial charge in [0, 0.05) is 22.6 Å². The van der Waals surface area contributed by atoms with Crippen molar-refractivity contribution in [2.75, 3.05) is 5.32 Å². The fraction of sp³-hybridized carbons (Fsp3) is 0.0500. The second-order valence-corrected chi connectivity index (χ2v) is 5.24. The maximum atomic E-state index is 7.84. The fourth-order valence-electron chi connectivity index (χ4n) is 2.31. The van der Waals surface area contributed by atoms with Gasteiger partial charge in [-0.25, -0.2) is 0 Å². The molecule has 0 radical (unpaired) electrons. The Morgan fingerprint density at radius 3 is 2.09 bits per heavy atom. The standard InChI is InChI=1S/C20H18N2O/c1-15(21)19-9-5-6-10-20(19)22-16-11-13-18(14-12-16)23-17-7-3-2-4-8-17/h2-14,21-22H,1H3. The van der Waals surface area contributed by atoms with Crippen LogP contribution in [-0.2, 0) is 0 Å². The van der Waals surface area contributed by atoms with E-state index in [0.29, 0.717) is 5.71 Å². The van der Waals surface area contributed by atoms with Crippen LogP contribution in [0.2, 0.25) is 0 Å². The van der Waals surface area contributed by atoms with E-state index in [-0.39, 0.29) is 0 Å². The van der Waals surface area contributed by atoms with Crippen LogP contribution in [0.4, 0.5) is 11.4 Å². The molecule has 3 aromatic rings. The van der Waals surface area contributed by atoms with E-state index in [1.54, 1.807) is 6.92 Å². The molecule has 0 aliphatic carbocycles. The molecule has 0 atom stereocenters. The molecule has 3 aromatic carbocycles. The van der Waals surface area contributed by atoms with Crippen molar-refractivity contribution in [2.45, 2.75) is 6.92 Å². The summed E-state index contributed by atoms with van der Waals surface area (Å²) >= 11 is 0. The Labute approximate surface area is 136 Å². The van der Waals surface area contributed by atoms with Gasteiger partial charge in [0.2, 0.25) is 0 Å². The van der Waals surface area contributed by atoms with Crippen LogP contribution in [0.15, 0.2) is 78.9 Å². The molecule has 3 heteroatoms. The third-order valence-corrected chi connectivity index (χ3v) is 3.44. The summed E-state index contributed by atoms with van der Waals surface area (Å²) in [5.41, 5.74) is 3.32. The highest BCUT2D eigenvalue weighted by Gasteiger charge is 2.04. The van der Waals surface area contributed by atoms with Crippen molar-refractivity contribution in [3.8, 4) is 11.5 Å². The molecular formula is C20H18N2O. The second-order valence-electron chi connectivity index (χ2n) is 5.24. The lowest BCUT2D eigenvalue weighted by Crippen LogP contribution is -1.99. The van der Waals surface area contributed by atoms with E-state index in [4.69, 9.17) is 10.1 Å². The summed E-state index contributed by atoms with van der Waals surface area (Å²) in [5.74, 6) is 1.61. The monoisotopic (exact) mass is 302 g/mol.